The molecule has 0 fully saturated rings. The van der Waals surface area contributed by atoms with Crippen LogP contribution in [0.1, 0.15) is 10.7 Å². The molecule has 0 saturated carbocycles. The molecule has 0 aliphatic heterocycles. The zero-order chi connectivity index (χ0) is 11.4. The molecule has 0 aliphatic rings. The van der Waals surface area contributed by atoms with E-state index in [1.54, 1.807) is 11.6 Å². The first kappa shape index (κ1) is 11.0. The second-order valence-corrected chi connectivity index (χ2v) is 4.93. The van der Waals surface area contributed by atoms with Crippen LogP contribution in [0.25, 0.3) is 0 Å². The summed E-state index contributed by atoms with van der Waals surface area (Å²) in [4.78, 5) is 19.6. The van der Waals surface area contributed by atoms with E-state index in [4.69, 9.17) is 5.73 Å². The standard InChI is InChI=1S/C9H10N4OS2/c10-9-13-6(5-16-9)3-7(14)12-4-8-11-1-2-15-8/h1-2,5H,3-4H2,(H2,10,13)(H,12,14). The monoisotopic (exact) mass is 254 g/mol. The Morgan fingerprint density at radius 2 is 2.38 bits per heavy atom. The molecule has 2 heterocycles. The lowest BCUT2D eigenvalue weighted by molar-refractivity contribution is -0.120. The molecule has 5 nitrogen and oxygen atoms in total. The van der Waals surface area contributed by atoms with Gasteiger partial charge in [0.1, 0.15) is 5.01 Å². The van der Waals surface area contributed by atoms with Gasteiger partial charge in [0.2, 0.25) is 5.91 Å². The van der Waals surface area contributed by atoms with Crippen LogP contribution in [0.4, 0.5) is 5.13 Å². The van der Waals surface area contributed by atoms with Crippen molar-refractivity contribution in [1.82, 2.24) is 15.3 Å². The van der Waals surface area contributed by atoms with Gasteiger partial charge in [-0.1, -0.05) is 0 Å². The fourth-order valence-corrected chi connectivity index (χ4v) is 2.26. The molecule has 84 valence electrons. The van der Waals surface area contributed by atoms with Gasteiger partial charge < -0.3 is 11.1 Å². The van der Waals surface area contributed by atoms with Gasteiger partial charge in [-0.15, -0.1) is 22.7 Å². The summed E-state index contributed by atoms with van der Waals surface area (Å²) >= 11 is 2.85. The summed E-state index contributed by atoms with van der Waals surface area (Å²) < 4.78 is 0. The Labute approximate surface area is 100 Å². The number of amides is 1. The molecule has 0 unspecified atom stereocenters. The smallest absolute Gasteiger partial charge is 0.226 e. The molecule has 7 heteroatoms. The molecule has 0 aromatic carbocycles. The molecular weight excluding hydrogens is 244 g/mol. The van der Waals surface area contributed by atoms with Gasteiger partial charge in [0.05, 0.1) is 18.7 Å². The number of nitrogens with two attached hydrogens (primary N) is 1. The normalized spacial score (nSPS) is 10.2. The fraction of sp³-hybridized carbons (Fsp3) is 0.222. The number of carbonyl (C=O) groups is 1. The highest BCUT2D eigenvalue weighted by Crippen LogP contribution is 2.11. The highest BCUT2D eigenvalue weighted by atomic mass is 32.1. The minimum atomic E-state index is -0.0690. The van der Waals surface area contributed by atoms with Gasteiger partial charge in [0.15, 0.2) is 5.13 Å². The maximum atomic E-state index is 11.5. The van der Waals surface area contributed by atoms with E-state index in [9.17, 15) is 4.79 Å². The zero-order valence-corrected chi connectivity index (χ0v) is 9.98. The highest BCUT2D eigenvalue weighted by Gasteiger charge is 2.06. The van der Waals surface area contributed by atoms with Crippen LogP contribution in [-0.4, -0.2) is 15.9 Å². The average Bonchev–Trinajstić information content (AvgIpc) is 2.87. The van der Waals surface area contributed by atoms with E-state index in [0.717, 1.165) is 5.01 Å². The molecule has 1 amide bonds. The number of carbonyl (C=O) groups excluding carboxylic acids is 1. The number of nitrogens with zero attached hydrogens (tertiary/aromatic N) is 2. The Hall–Kier alpha value is -1.47. The molecule has 0 radical (unpaired) electrons. The summed E-state index contributed by atoms with van der Waals surface area (Å²) in [6, 6.07) is 0. The lowest BCUT2D eigenvalue weighted by atomic mass is 10.3. The maximum absolute atomic E-state index is 11.5. The van der Waals surface area contributed by atoms with Crippen molar-refractivity contribution >= 4 is 33.7 Å². The summed E-state index contributed by atoms with van der Waals surface area (Å²) in [6.45, 7) is 0.468. The average molecular weight is 254 g/mol. The van der Waals surface area contributed by atoms with Gasteiger partial charge >= 0.3 is 0 Å². The maximum Gasteiger partial charge on any atom is 0.226 e. The first-order valence-corrected chi connectivity index (χ1v) is 6.35. The minimum Gasteiger partial charge on any atom is -0.375 e. The molecule has 0 spiro atoms. The van der Waals surface area contributed by atoms with Crippen molar-refractivity contribution in [2.75, 3.05) is 5.73 Å². The van der Waals surface area contributed by atoms with E-state index < -0.39 is 0 Å². The van der Waals surface area contributed by atoms with Crippen LogP contribution in [-0.2, 0) is 17.8 Å². The first-order valence-electron chi connectivity index (χ1n) is 4.59. The Balaban J connectivity index is 1.81. The predicted octanol–water partition coefficient (Wildman–Crippen LogP) is 1.04. The number of nitrogens with one attached hydrogen (secondary N) is 1. The molecule has 0 atom stereocenters. The van der Waals surface area contributed by atoms with Crippen LogP contribution in [0.3, 0.4) is 0 Å². The summed E-state index contributed by atoms with van der Waals surface area (Å²) in [6.07, 6.45) is 1.98. The van der Waals surface area contributed by atoms with E-state index in [-0.39, 0.29) is 12.3 Å². The number of hydrogen-bond acceptors (Lipinski definition) is 6. The van der Waals surface area contributed by atoms with E-state index in [2.05, 4.69) is 15.3 Å². The summed E-state index contributed by atoms with van der Waals surface area (Å²) in [5.74, 6) is -0.0690. The van der Waals surface area contributed by atoms with Crippen LogP contribution in [0.15, 0.2) is 17.0 Å². The lowest BCUT2D eigenvalue weighted by Gasteiger charge is -2.00. The quantitative estimate of drug-likeness (QED) is 0.854. The minimum absolute atomic E-state index is 0.0690. The largest absolute Gasteiger partial charge is 0.375 e. The predicted molar refractivity (Wildman–Crippen MR) is 64.2 cm³/mol. The van der Waals surface area contributed by atoms with Crippen LogP contribution in [0, 0.1) is 0 Å². The Kier molecular flexibility index (Phi) is 3.47. The van der Waals surface area contributed by atoms with Crippen molar-refractivity contribution in [2.45, 2.75) is 13.0 Å². The van der Waals surface area contributed by atoms with Crippen molar-refractivity contribution in [3.05, 3.63) is 27.7 Å². The number of thiazole rings is 2. The van der Waals surface area contributed by atoms with Crippen LogP contribution in [0.2, 0.25) is 0 Å². The number of anilines is 1. The van der Waals surface area contributed by atoms with Gasteiger partial charge in [0, 0.05) is 17.0 Å². The summed E-state index contributed by atoms with van der Waals surface area (Å²) in [7, 11) is 0. The zero-order valence-electron chi connectivity index (χ0n) is 8.34. The fourth-order valence-electron chi connectivity index (χ4n) is 1.15. The molecule has 3 N–H and O–H groups in total. The second-order valence-electron chi connectivity index (χ2n) is 3.06. The topological polar surface area (TPSA) is 80.9 Å². The van der Waals surface area contributed by atoms with Crippen molar-refractivity contribution in [1.29, 1.82) is 0 Å². The molecule has 0 bridgehead atoms. The number of hydrogen-bond donors (Lipinski definition) is 2. The highest BCUT2D eigenvalue weighted by molar-refractivity contribution is 7.13. The van der Waals surface area contributed by atoms with Crippen molar-refractivity contribution in [2.24, 2.45) is 0 Å². The number of nitrogen functional groups attached to an aromatic ring is 1. The third kappa shape index (κ3) is 3.01. The van der Waals surface area contributed by atoms with Crippen molar-refractivity contribution in [3.63, 3.8) is 0 Å². The molecule has 2 aromatic rings. The van der Waals surface area contributed by atoms with Gasteiger partial charge in [-0.3, -0.25) is 4.79 Å². The first-order chi connectivity index (χ1) is 7.74. The molecule has 0 saturated heterocycles. The van der Waals surface area contributed by atoms with Crippen molar-refractivity contribution < 1.29 is 4.79 Å². The van der Waals surface area contributed by atoms with E-state index in [1.807, 2.05) is 5.38 Å². The molecule has 2 rings (SSSR count). The molecule has 16 heavy (non-hydrogen) atoms. The number of rotatable bonds is 4. The van der Waals surface area contributed by atoms with Gasteiger partial charge in [-0.2, -0.15) is 0 Å². The van der Waals surface area contributed by atoms with E-state index >= 15 is 0 Å². The third-order valence-electron chi connectivity index (χ3n) is 1.83. The van der Waals surface area contributed by atoms with E-state index in [1.165, 1.54) is 22.7 Å². The van der Waals surface area contributed by atoms with E-state index in [0.29, 0.717) is 17.4 Å². The molecule has 0 aliphatic carbocycles. The second kappa shape index (κ2) is 5.04. The number of aromatic nitrogens is 2. The van der Waals surface area contributed by atoms with Gasteiger partial charge in [-0.05, 0) is 0 Å². The van der Waals surface area contributed by atoms with Crippen LogP contribution < -0.4 is 11.1 Å². The van der Waals surface area contributed by atoms with Gasteiger partial charge in [0.25, 0.3) is 0 Å². The molecular formula is C9H10N4OS2. The summed E-state index contributed by atoms with van der Waals surface area (Å²) in [5.41, 5.74) is 6.18. The summed E-state index contributed by atoms with van der Waals surface area (Å²) in [5, 5.41) is 7.83. The Morgan fingerprint density at radius 3 is 3.00 bits per heavy atom. The van der Waals surface area contributed by atoms with Crippen molar-refractivity contribution in [3.8, 4) is 0 Å². The van der Waals surface area contributed by atoms with Crippen LogP contribution >= 0.6 is 22.7 Å². The molecule has 2 aromatic heterocycles. The third-order valence-corrected chi connectivity index (χ3v) is 3.33. The van der Waals surface area contributed by atoms with Gasteiger partial charge in [-0.25, -0.2) is 9.97 Å². The Bertz CT molecular complexity index is 466. The van der Waals surface area contributed by atoms with Crippen LogP contribution in [0.5, 0.6) is 0 Å². The SMILES string of the molecule is Nc1nc(CC(=O)NCc2nccs2)cs1. The Morgan fingerprint density at radius 1 is 1.50 bits per heavy atom. The lowest BCUT2D eigenvalue weighted by Crippen LogP contribution is -2.24.